The second-order valence-corrected chi connectivity index (χ2v) is 9.38. The monoisotopic (exact) mass is 500 g/mol. The van der Waals surface area contributed by atoms with E-state index in [2.05, 4.69) is 52.6 Å². The van der Waals surface area contributed by atoms with Gasteiger partial charge in [0.25, 0.3) is 5.91 Å². The SMILES string of the molecule is CC.Cc1cc(NC(=O)NC2NC=C(/C=C/c3ncc(C(C)(C)C)o3)S2)ccc1C(=O)NNC=O. The molecule has 0 spiro atoms. The van der Waals surface area contributed by atoms with E-state index in [4.69, 9.17) is 4.42 Å². The van der Waals surface area contributed by atoms with Crippen LogP contribution in [-0.2, 0) is 10.2 Å². The van der Waals surface area contributed by atoms with E-state index >= 15 is 0 Å². The van der Waals surface area contributed by atoms with Crippen molar-refractivity contribution in [2.75, 3.05) is 5.32 Å². The van der Waals surface area contributed by atoms with Crippen LogP contribution >= 0.6 is 11.8 Å². The topological polar surface area (TPSA) is 137 Å². The lowest BCUT2D eigenvalue weighted by Crippen LogP contribution is -2.41. The van der Waals surface area contributed by atoms with Gasteiger partial charge in [-0.1, -0.05) is 46.4 Å². The van der Waals surface area contributed by atoms with Gasteiger partial charge in [-0.3, -0.25) is 20.4 Å². The van der Waals surface area contributed by atoms with Crippen LogP contribution in [0.1, 0.15) is 62.2 Å². The van der Waals surface area contributed by atoms with Crippen LogP contribution in [0.5, 0.6) is 0 Å². The molecule has 4 amide bonds. The second-order valence-electron chi connectivity index (χ2n) is 8.20. The Morgan fingerprint density at radius 3 is 2.57 bits per heavy atom. The number of oxazole rings is 1. The number of nitrogens with zero attached hydrogens (tertiary/aromatic N) is 1. The van der Waals surface area contributed by atoms with Crippen molar-refractivity contribution in [3.63, 3.8) is 0 Å². The molecule has 0 radical (unpaired) electrons. The molecule has 1 unspecified atom stereocenters. The van der Waals surface area contributed by atoms with E-state index in [1.165, 1.54) is 11.8 Å². The van der Waals surface area contributed by atoms with Crippen molar-refractivity contribution in [1.29, 1.82) is 0 Å². The summed E-state index contributed by atoms with van der Waals surface area (Å²) in [4.78, 5) is 39.8. The van der Waals surface area contributed by atoms with Crippen molar-refractivity contribution in [2.45, 2.75) is 52.5 Å². The minimum absolute atomic E-state index is 0.108. The number of thioether (sulfide) groups is 1. The van der Waals surface area contributed by atoms with Gasteiger partial charge >= 0.3 is 6.03 Å². The van der Waals surface area contributed by atoms with Gasteiger partial charge < -0.3 is 20.4 Å². The third-order valence-electron chi connectivity index (χ3n) is 4.52. The number of aryl methyl sites for hydroxylation is 1. The fourth-order valence-corrected chi connectivity index (χ4v) is 3.69. The van der Waals surface area contributed by atoms with Gasteiger partial charge in [0, 0.05) is 33.8 Å². The predicted octanol–water partition coefficient (Wildman–Crippen LogP) is 3.99. The number of aromatic nitrogens is 1. The summed E-state index contributed by atoms with van der Waals surface area (Å²) >= 11 is 1.43. The summed E-state index contributed by atoms with van der Waals surface area (Å²) in [5.74, 6) is 0.879. The number of rotatable bonds is 7. The third-order valence-corrected chi connectivity index (χ3v) is 5.54. The fourth-order valence-electron chi connectivity index (χ4n) is 2.83. The molecule has 0 saturated heterocycles. The molecule has 0 saturated carbocycles. The van der Waals surface area contributed by atoms with Crippen LogP contribution in [-0.4, -0.2) is 28.8 Å². The molecule has 1 aliphatic rings. The second kappa shape index (κ2) is 12.7. The number of hydrogen-bond donors (Lipinski definition) is 5. The Hall–Kier alpha value is -3.73. The number of hydrazine groups is 1. The summed E-state index contributed by atoms with van der Waals surface area (Å²) < 4.78 is 5.74. The van der Waals surface area contributed by atoms with E-state index in [1.807, 2.05) is 19.9 Å². The molecule has 35 heavy (non-hydrogen) atoms. The Kier molecular flexibility index (Phi) is 9.95. The van der Waals surface area contributed by atoms with Crippen LogP contribution < -0.4 is 26.8 Å². The van der Waals surface area contributed by atoms with Crippen LogP contribution in [0.15, 0.2) is 46.0 Å². The molecule has 3 rings (SSSR count). The molecule has 2 heterocycles. The first kappa shape index (κ1) is 27.5. The Bertz CT molecular complexity index is 1100. The predicted molar refractivity (Wildman–Crippen MR) is 138 cm³/mol. The molecular formula is C24H32N6O4S. The maximum absolute atomic E-state index is 12.4. The number of urea groups is 1. The normalized spacial score (nSPS) is 14.8. The Morgan fingerprint density at radius 2 is 1.94 bits per heavy atom. The molecule has 0 fully saturated rings. The number of nitrogens with one attached hydrogen (secondary N) is 5. The fraction of sp³-hybridized carbons (Fsp3) is 0.333. The zero-order valence-electron chi connectivity index (χ0n) is 20.7. The van der Waals surface area contributed by atoms with Gasteiger partial charge in [-0.05, 0) is 36.8 Å². The maximum atomic E-state index is 12.4. The maximum Gasteiger partial charge on any atom is 0.321 e. The minimum atomic E-state index is -0.451. The molecule has 1 atom stereocenters. The van der Waals surface area contributed by atoms with Gasteiger partial charge in [-0.25, -0.2) is 9.78 Å². The van der Waals surface area contributed by atoms with E-state index < -0.39 is 11.9 Å². The van der Waals surface area contributed by atoms with Gasteiger partial charge in [0.2, 0.25) is 12.3 Å². The van der Waals surface area contributed by atoms with Crippen molar-refractivity contribution in [2.24, 2.45) is 0 Å². The number of amides is 4. The minimum Gasteiger partial charge on any atom is -0.441 e. The third kappa shape index (κ3) is 8.21. The summed E-state index contributed by atoms with van der Waals surface area (Å²) in [5, 5.41) is 8.63. The van der Waals surface area contributed by atoms with Crippen LogP contribution in [0, 0.1) is 6.92 Å². The van der Waals surface area contributed by atoms with Gasteiger partial charge in [-0.2, -0.15) is 0 Å². The number of carbonyl (C=O) groups excluding carboxylic acids is 3. The molecule has 5 N–H and O–H groups in total. The average Bonchev–Trinajstić information content (AvgIpc) is 3.47. The summed E-state index contributed by atoms with van der Waals surface area (Å²) in [5.41, 5.74) is 5.44. The highest BCUT2D eigenvalue weighted by Gasteiger charge is 2.20. The van der Waals surface area contributed by atoms with E-state index in [0.29, 0.717) is 29.1 Å². The van der Waals surface area contributed by atoms with Gasteiger partial charge in [0.05, 0.1) is 6.20 Å². The standard InChI is InChI=1S/C22H26N6O4S.C2H6/c1-13-9-14(5-7-16(13)19(30)28-25-12-29)26-20(31)27-21-24-10-15(33-21)6-8-18-23-11-17(32-18)22(2,3)4;1-2/h5-12,21,24H,1-4H3,(H,25,29)(H,28,30)(H2,26,27,31);1-2H3/b8-6+;. The number of anilines is 1. The number of benzene rings is 1. The first-order valence-electron chi connectivity index (χ1n) is 11.1. The van der Waals surface area contributed by atoms with E-state index in [-0.39, 0.29) is 10.9 Å². The highest BCUT2D eigenvalue weighted by atomic mass is 32.2. The van der Waals surface area contributed by atoms with Crippen LogP contribution in [0.25, 0.3) is 6.08 Å². The highest BCUT2D eigenvalue weighted by Crippen LogP contribution is 2.27. The molecule has 10 nitrogen and oxygen atoms in total. The average molecular weight is 501 g/mol. The highest BCUT2D eigenvalue weighted by molar-refractivity contribution is 8.04. The van der Waals surface area contributed by atoms with Crippen LogP contribution in [0.2, 0.25) is 0 Å². The molecular weight excluding hydrogens is 468 g/mol. The Balaban J connectivity index is 0.00000210. The molecule has 2 aromatic rings. The van der Waals surface area contributed by atoms with Crippen molar-refractivity contribution < 1.29 is 18.8 Å². The van der Waals surface area contributed by atoms with Crippen LogP contribution in [0.3, 0.4) is 0 Å². The molecule has 188 valence electrons. The lowest BCUT2D eigenvalue weighted by molar-refractivity contribution is -0.110. The van der Waals surface area contributed by atoms with Crippen molar-refractivity contribution >= 4 is 41.9 Å². The molecule has 1 aliphatic heterocycles. The van der Waals surface area contributed by atoms with E-state index in [9.17, 15) is 14.4 Å². The van der Waals surface area contributed by atoms with Gasteiger partial charge in [-0.15, -0.1) is 0 Å². The van der Waals surface area contributed by atoms with E-state index in [1.54, 1.807) is 43.6 Å². The molecule has 11 heteroatoms. The van der Waals surface area contributed by atoms with Gasteiger partial charge in [0.1, 0.15) is 5.76 Å². The quantitative estimate of drug-likeness (QED) is 0.286. The zero-order chi connectivity index (χ0) is 26.0. The largest absolute Gasteiger partial charge is 0.441 e. The number of hydrogen-bond acceptors (Lipinski definition) is 7. The van der Waals surface area contributed by atoms with Gasteiger partial charge in [0.15, 0.2) is 5.50 Å². The number of allylic oxidation sites excluding steroid dienone is 1. The smallest absolute Gasteiger partial charge is 0.321 e. The molecule has 0 bridgehead atoms. The van der Waals surface area contributed by atoms with Crippen LogP contribution in [0.4, 0.5) is 10.5 Å². The van der Waals surface area contributed by atoms with E-state index in [0.717, 1.165) is 10.7 Å². The Labute approximate surface area is 209 Å². The van der Waals surface area contributed by atoms with Crippen molar-refractivity contribution in [3.8, 4) is 0 Å². The molecule has 1 aromatic carbocycles. The van der Waals surface area contributed by atoms with Crippen molar-refractivity contribution in [1.82, 2.24) is 26.5 Å². The summed E-state index contributed by atoms with van der Waals surface area (Å²) in [6.45, 7) is 11.9. The summed E-state index contributed by atoms with van der Waals surface area (Å²) in [6.07, 6.45) is 7.54. The zero-order valence-corrected chi connectivity index (χ0v) is 21.5. The summed E-state index contributed by atoms with van der Waals surface area (Å²) in [6, 6.07) is 4.43. The number of carbonyl (C=O) groups is 3. The lowest BCUT2D eigenvalue weighted by atomic mass is 9.94. The molecule has 1 aromatic heterocycles. The summed E-state index contributed by atoms with van der Waals surface area (Å²) in [7, 11) is 0. The van der Waals surface area contributed by atoms with Crippen molar-refractivity contribution in [3.05, 3.63) is 64.4 Å². The molecule has 0 aliphatic carbocycles. The first-order valence-corrected chi connectivity index (χ1v) is 12.0. The first-order chi connectivity index (χ1) is 16.7. The lowest BCUT2D eigenvalue weighted by Gasteiger charge is -2.14. The Morgan fingerprint density at radius 1 is 1.20 bits per heavy atom.